The molecular weight excluding hydrogens is 259 g/mol. The van der Waals surface area contributed by atoms with E-state index in [1.807, 2.05) is 0 Å². The van der Waals surface area contributed by atoms with Crippen molar-refractivity contribution in [2.75, 3.05) is 11.9 Å². The van der Waals surface area contributed by atoms with Crippen LogP contribution in [0.25, 0.3) is 0 Å². The monoisotopic (exact) mass is 270 g/mol. The summed E-state index contributed by atoms with van der Waals surface area (Å²) in [6, 6.07) is 6.99. The van der Waals surface area contributed by atoms with E-state index < -0.39 is 11.7 Å². The van der Waals surface area contributed by atoms with Crippen molar-refractivity contribution in [1.82, 2.24) is 10.2 Å². The van der Waals surface area contributed by atoms with E-state index in [0.29, 0.717) is 5.56 Å². The minimum Gasteiger partial charge on any atom is -0.320 e. The lowest BCUT2D eigenvalue weighted by Gasteiger charge is -2.06. The number of benzene rings is 1. The molecule has 5 nitrogen and oxygen atoms in total. The largest absolute Gasteiger partial charge is 0.320 e. The van der Waals surface area contributed by atoms with Crippen molar-refractivity contribution in [2.45, 2.75) is 0 Å². The van der Waals surface area contributed by atoms with Crippen LogP contribution in [0.2, 0.25) is 0 Å². The summed E-state index contributed by atoms with van der Waals surface area (Å²) < 4.78 is 13.3. The first-order valence-corrected chi connectivity index (χ1v) is 5.78. The fraction of sp³-hybridized carbons (Fsp3) is 0.0714. The Kier molecular flexibility index (Phi) is 4.37. The molecule has 1 heterocycles. The third-order valence-electron chi connectivity index (χ3n) is 2.37. The Labute approximate surface area is 115 Å². The van der Waals surface area contributed by atoms with Gasteiger partial charge in [-0.1, -0.05) is 11.8 Å². The molecule has 0 atom stereocenters. The van der Waals surface area contributed by atoms with Crippen LogP contribution in [-0.2, 0) is 0 Å². The van der Waals surface area contributed by atoms with Gasteiger partial charge in [0.15, 0.2) is 5.82 Å². The number of carbonyl (C=O) groups excluding carboxylic acids is 1. The van der Waals surface area contributed by atoms with Gasteiger partial charge in [0.2, 0.25) is 0 Å². The van der Waals surface area contributed by atoms with E-state index in [0.717, 1.165) is 6.07 Å². The van der Waals surface area contributed by atoms with Crippen LogP contribution in [0.1, 0.15) is 15.9 Å². The zero-order valence-corrected chi connectivity index (χ0v) is 10.4. The number of nitrogens with two attached hydrogens (primary N) is 1. The van der Waals surface area contributed by atoms with E-state index in [-0.39, 0.29) is 17.9 Å². The number of nitrogens with zero attached hydrogens (tertiary/aromatic N) is 2. The van der Waals surface area contributed by atoms with Crippen molar-refractivity contribution in [3.63, 3.8) is 0 Å². The first-order valence-electron chi connectivity index (χ1n) is 5.78. The van der Waals surface area contributed by atoms with Crippen LogP contribution in [0.5, 0.6) is 0 Å². The maximum atomic E-state index is 13.3. The summed E-state index contributed by atoms with van der Waals surface area (Å²) in [6.45, 7) is 0.155. The lowest BCUT2D eigenvalue weighted by Crippen LogP contribution is -2.15. The van der Waals surface area contributed by atoms with Gasteiger partial charge in [-0.2, -0.15) is 5.10 Å². The number of rotatable bonds is 2. The highest BCUT2D eigenvalue weighted by atomic mass is 19.1. The van der Waals surface area contributed by atoms with Crippen LogP contribution in [-0.4, -0.2) is 22.6 Å². The molecule has 3 N–H and O–H groups in total. The predicted molar refractivity (Wildman–Crippen MR) is 72.3 cm³/mol. The Morgan fingerprint density at radius 1 is 1.40 bits per heavy atom. The number of aromatic nitrogens is 2. The normalized spacial score (nSPS) is 9.50. The molecule has 0 saturated carbocycles. The number of carbonyl (C=O) groups is 1. The van der Waals surface area contributed by atoms with E-state index in [4.69, 9.17) is 5.73 Å². The molecule has 0 radical (unpaired) electrons. The van der Waals surface area contributed by atoms with Gasteiger partial charge in [0.05, 0.1) is 12.1 Å². The molecule has 0 saturated heterocycles. The van der Waals surface area contributed by atoms with Crippen molar-refractivity contribution >= 4 is 11.7 Å². The number of nitrogens with one attached hydrogen (secondary N) is 1. The third kappa shape index (κ3) is 3.37. The van der Waals surface area contributed by atoms with E-state index in [9.17, 15) is 9.18 Å². The molecule has 1 amide bonds. The topological polar surface area (TPSA) is 80.9 Å². The number of anilines is 1. The Balaban J connectivity index is 2.31. The lowest BCUT2D eigenvalue weighted by atomic mass is 10.1. The van der Waals surface area contributed by atoms with Crippen molar-refractivity contribution in [3.05, 3.63) is 53.5 Å². The Bertz CT molecular complexity index is 677. The van der Waals surface area contributed by atoms with Crippen molar-refractivity contribution in [3.8, 4) is 11.8 Å². The van der Waals surface area contributed by atoms with Gasteiger partial charge in [0.25, 0.3) is 5.91 Å². The summed E-state index contributed by atoms with van der Waals surface area (Å²) in [5, 5.41) is 9.89. The second-order valence-corrected chi connectivity index (χ2v) is 3.76. The van der Waals surface area contributed by atoms with Crippen molar-refractivity contribution in [1.29, 1.82) is 0 Å². The van der Waals surface area contributed by atoms with Crippen molar-refractivity contribution in [2.24, 2.45) is 5.73 Å². The van der Waals surface area contributed by atoms with E-state index in [1.54, 1.807) is 12.1 Å². The Morgan fingerprint density at radius 3 is 2.95 bits per heavy atom. The molecule has 0 aliphatic carbocycles. The van der Waals surface area contributed by atoms with Gasteiger partial charge < -0.3 is 11.1 Å². The minimum atomic E-state index is -0.521. The molecular formula is C14H11FN4O. The number of halogens is 1. The maximum Gasteiger partial charge on any atom is 0.258 e. The highest BCUT2D eigenvalue weighted by Crippen LogP contribution is 2.12. The molecule has 2 rings (SSSR count). The average Bonchev–Trinajstić information content (AvgIpc) is 2.47. The highest BCUT2D eigenvalue weighted by Gasteiger charge is 2.12. The van der Waals surface area contributed by atoms with Crippen LogP contribution in [0.15, 0.2) is 36.5 Å². The zero-order valence-electron chi connectivity index (χ0n) is 10.4. The van der Waals surface area contributed by atoms with Gasteiger partial charge in [0, 0.05) is 11.8 Å². The first kappa shape index (κ1) is 13.6. The molecule has 100 valence electrons. The van der Waals surface area contributed by atoms with Gasteiger partial charge >= 0.3 is 0 Å². The molecule has 0 bridgehead atoms. The highest BCUT2D eigenvalue weighted by molar-refractivity contribution is 6.05. The molecule has 2 aromatic rings. The molecule has 0 spiro atoms. The summed E-state index contributed by atoms with van der Waals surface area (Å²) in [7, 11) is 0. The van der Waals surface area contributed by atoms with E-state index in [1.165, 1.54) is 18.3 Å². The van der Waals surface area contributed by atoms with Crippen LogP contribution in [0.4, 0.5) is 10.2 Å². The molecule has 1 aromatic carbocycles. The fourth-order valence-corrected chi connectivity index (χ4v) is 1.51. The van der Waals surface area contributed by atoms with Crippen LogP contribution >= 0.6 is 0 Å². The first-order chi connectivity index (χ1) is 9.70. The summed E-state index contributed by atoms with van der Waals surface area (Å²) in [4.78, 5) is 12.1. The van der Waals surface area contributed by atoms with Gasteiger partial charge in [-0.15, -0.1) is 5.10 Å². The summed E-state index contributed by atoms with van der Waals surface area (Å²) >= 11 is 0. The van der Waals surface area contributed by atoms with Crippen LogP contribution in [0, 0.1) is 17.7 Å². The minimum absolute atomic E-state index is 0.122. The molecule has 0 fully saturated rings. The van der Waals surface area contributed by atoms with Gasteiger partial charge in [-0.05, 0) is 30.3 Å². The standard InChI is InChI=1S/C14H11FN4O/c15-11-6-5-10(3-1-7-16)12(9-11)14(20)18-13-4-2-8-17-19-13/h2,4-6,8-9H,7,16H2,(H,18,19,20). The van der Waals surface area contributed by atoms with Crippen molar-refractivity contribution < 1.29 is 9.18 Å². The summed E-state index contributed by atoms with van der Waals surface area (Å²) in [6.07, 6.45) is 1.48. The lowest BCUT2D eigenvalue weighted by molar-refractivity contribution is 0.102. The Morgan fingerprint density at radius 2 is 2.25 bits per heavy atom. The van der Waals surface area contributed by atoms with Crippen LogP contribution in [0.3, 0.4) is 0 Å². The number of hydrogen-bond donors (Lipinski definition) is 2. The molecule has 0 unspecified atom stereocenters. The molecule has 0 aliphatic rings. The quantitative estimate of drug-likeness (QED) is 0.803. The van der Waals surface area contributed by atoms with Gasteiger partial charge in [0.1, 0.15) is 5.82 Å². The fourth-order valence-electron chi connectivity index (χ4n) is 1.51. The molecule has 0 aliphatic heterocycles. The molecule has 6 heteroatoms. The smallest absolute Gasteiger partial charge is 0.258 e. The maximum absolute atomic E-state index is 13.3. The van der Waals surface area contributed by atoms with Gasteiger partial charge in [-0.25, -0.2) is 4.39 Å². The predicted octanol–water partition coefficient (Wildman–Crippen LogP) is 1.18. The number of hydrogen-bond acceptors (Lipinski definition) is 4. The molecule has 20 heavy (non-hydrogen) atoms. The molecule has 1 aromatic heterocycles. The van der Waals surface area contributed by atoms with E-state index >= 15 is 0 Å². The SMILES string of the molecule is NCC#Cc1ccc(F)cc1C(=O)Nc1cccnn1. The zero-order chi connectivity index (χ0) is 14.4. The number of amides is 1. The van der Waals surface area contributed by atoms with Gasteiger partial charge in [-0.3, -0.25) is 4.79 Å². The van der Waals surface area contributed by atoms with Crippen LogP contribution < -0.4 is 11.1 Å². The summed E-state index contributed by atoms with van der Waals surface area (Å²) in [5.41, 5.74) is 5.81. The second kappa shape index (κ2) is 6.41. The summed E-state index contributed by atoms with van der Waals surface area (Å²) in [5.74, 6) is 4.61. The average molecular weight is 270 g/mol. The Hall–Kier alpha value is -2.78. The second-order valence-electron chi connectivity index (χ2n) is 3.76. The third-order valence-corrected chi connectivity index (χ3v) is 2.37. The van der Waals surface area contributed by atoms with E-state index in [2.05, 4.69) is 27.4 Å².